The SMILES string of the molecule is CCOC(=O)c1cc2c(cc1C)C(C)(C)N([O])C2(C)C. The Morgan fingerprint density at radius 2 is 1.65 bits per heavy atom. The molecule has 4 nitrogen and oxygen atoms in total. The molecular formula is C16H22NO3. The molecular weight excluding hydrogens is 254 g/mol. The van der Waals surface area contributed by atoms with E-state index in [1.165, 1.54) is 0 Å². The van der Waals surface area contributed by atoms with Crippen molar-refractivity contribution in [2.75, 3.05) is 6.61 Å². The summed E-state index contributed by atoms with van der Waals surface area (Å²) in [4.78, 5) is 12.0. The first-order valence-electron chi connectivity index (χ1n) is 6.94. The van der Waals surface area contributed by atoms with E-state index < -0.39 is 11.1 Å². The van der Waals surface area contributed by atoms with Crippen molar-refractivity contribution in [2.24, 2.45) is 0 Å². The molecule has 1 aromatic rings. The van der Waals surface area contributed by atoms with Crippen molar-refractivity contribution in [2.45, 2.75) is 52.6 Å². The first kappa shape index (κ1) is 15.0. The van der Waals surface area contributed by atoms with Gasteiger partial charge in [0.2, 0.25) is 0 Å². The van der Waals surface area contributed by atoms with Gasteiger partial charge in [-0.2, -0.15) is 0 Å². The first-order chi connectivity index (χ1) is 9.14. The van der Waals surface area contributed by atoms with Gasteiger partial charge in [0.15, 0.2) is 0 Å². The minimum atomic E-state index is -0.645. The van der Waals surface area contributed by atoms with E-state index in [1.54, 1.807) is 6.92 Å². The fourth-order valence-corrected chi connectivity index (χ4v) is 3.07. The van der Waals surface area contributed by atoms with Crippen LogP contribution < -0.4 is 0 Å². The first-order valence-corrected chi connectivity index (χ1v) is 6.94. The second-order valence-electron chi connectivity index (χ2n) is 6.35. The molecule has 2 rings (SSSR count). The molecule has 0 unspecified atom stereocenters. The number of nitrogens with zero attached hydrogens (tertiary/aromatic N) is 1. The van der Waals surface area contributed by atoms with Gasteiger partial charge in [0.25, 0.3) is 0 Å². The van der Waals surface area contributed by atoms with Crippen LogP contribution in [0.5, 0.6) is 0 Å². The summed E-state index contributed by atoms with van der Waals surface area (Å²) in [5.41, 5.74) is 2.06. The number of carbonyl (C=O) groups is 1. The average molecular weight is 276 g/mol. The van der Waals surface area contributed by atoms with Gasteiger partial charge >= 0.3 is 5.97 Å². The maximum Gasteiger partial charge on any atom is 0.338 e. The highest BCUT2D eigenvalue weighted by Crippen LogP contribution is 2.49. The van der Waals surface area contributed by atoms with Gasteiger partial charge < -0.3 is 4.74 Å². The van der Waals surface area contributed by atoms with Gasteiger partial charge in [-0.3, -0.25) is 0 Å². The lowest BCUT2D eigenvalue weighted by atomic mass is 9.87. The normalized spacial score (nSPS) is 19.8. The van der Waals surface area contributed by atoms with Crippen molar-refractivity contribution in [1.82, 2.24) is 5.06 Å². The Kier molecular flexibility index (Phi) is 3.43. The summed E-state index contributed by atoms with van der Waals surface area (Å²) >= 11 is 0. The van der Waals surface area contributed by atoms with Crippen molar-refractivity contribution >= 4 is 5.97 Å². The standard InChI is InChI=1S/C16H22NO3/c1-7-20-14(18)11-9-13-12(8-10(11)2)15(3,4)17(19)16(13,5)6/h8-9H,7H2,1-6H3. The number of fused-ring (bicyclic) bond motifs is 1. The second-order valence-corrected chi connectivity index (χ2v) is 6.35. The van der Waals surface area contributed by atoms with E-state index in [0.29, 0.717) is 12.2 Å². The lowest BCUT2D eigenvalue weighted by Gasteiger charge is -2.32. The molecule has 1 radical (unpaired) electrons. The maximum atomic E-state index is 12.5. The third-order valence-electron chi connectivity index (χ3n) is 4.19. The molecule has 109 valence electrons. The van der Waals surface area contributed by atoms with Crippen molar-refractivity contribution in [1.29, 1.82) is 0 Å². The van der Waals surface area contributed by atoms with E-state index in [0.717, 1.165) is 21.8 Å². The Morgan fingerprint density at radius 1 is 1.15 bits per heavy atom. The predicted molar refractivity (Wildman–Crippen MR) is 75.7 cm³/mol. The van der Waals surface area contributed by atoms with Crippen LogP contribution in [0.3, 0.4) is 0 Å². The van der Waals surface area contributed by atoms with Gasteiger partial charge in [-0.15, -0.1) is 10.3 Å². The van der Waals surface area contributed by atoms with E-state index in [4.69, 9.17) is 4.74 Å². The van der Waals surface area contributed by atoms with Crippen LogP contribution in [0.2, 0.25) is 0 Å². The summed E-state index contributed by atoms with van der Waals surface area (Å²) in [7, 11) is 0. The van der Waals surface area contributed by atoms with Crippen LogP contribution in [0.4, 0.5) is 0 Å². The van der Waals surface area contributed by atoms with E-state index in [1.807, 2.05) is 46.8 Å². The van der Waals surface area contributed by atoms with Crippen LogP contribution in [0.15, 0.2) is 12.1 Å². The largest absolute Gasteiger partial charge is 0.462 e. The van der Waals surface area contributed by atoms with Crippen LogP contribution in [0.1, 0.15) is 61.7 Å². The molecule has 0 aliphatic carbocycles. The highest BCUT2D eigenvalue weighted by Gasteiger charge is 2.50. The maximum absolute atomic E-state index is 12.5. The Hall–Kier alpha value is -1.39. The monoisotopic (exact) mass is 276 g/mol. The highest BCUT2D eigenvalue weighted by molar-refractivity contribution is 5.91. The van der Waals surface area contributed by atoms with Crippen LogP contribution in [-0.4, -0.2) is 17.6 Å². The summed E-state index contributed by atoms with van der Waals surface area (Å²) < 4.78 is 5.08. The Labute approximate surface area is 120 Å². The zero-order valence-electron chi connectivity index (χ0n) is 13.0. The molecule has 0 saturated heterocycles. The number of benzene rings is 1. The van der Waals surface area contributed by atoms with Gasteiger partial charge in [0.05, 0.1) is 23.2 Å². The number of rotatable bonds is 2. The summed E-state index contributed by atoms with van der Waals surface area (Å²) in [5, 5.41) is 13.6. The van der Waals surface area contributed by atoms with E-state index in [-0.39, 0.29) is 5.97 Å². The molecule has 4 heteroatoms. The lowest BCUT2D eigenvalue weighted by Crippen LogP contribution is -2.41. The third kappa shape index (κ3) is 1.95. The molecule has 0 bridgehead atoms. The van der Waals surface area contributed by atoms with Gasteiger partial charge in [-0.25, -0.2) is 4.79 Å². The second kappa shape index (κ2) is 4.57. The van der Waals surface area contributed by atoms with Gasteiger partial charge in [0.1, 0.15) is 0 Å². The highest BCUT2D eigenvalue weighted by atomic mass is 16.5. The number of esters is 1. The number of hydrogen-bond acceptors (Lipinski definition) is 3. The molecule has 1 aromatic carbocycles. The smallest absolute Gasteiger partial charge is 0.338 e. The molecule has 0 atom stereocenters. The van der Waals surface area contributed by atoms with Crippen LogP contribution in [0.25, 0.3) is 0 Å². The predicted octanol–water partition coefficient (Wildman–Crippen LogP) is 3.30. The van der Waals surface area contributed by atoms with Crippen LogP contribution >= 0.6 is 0 Å². The fourth-order valence-electron chi connectivity index (χ4n) is 3.07. The number of hydroxylamine groups is 2. The van der Waals surface area contributed by atoms with Crippen molar-refractivity contribution < 1.29 is 14.7 Å². The molecule has 0 fully saturated rings. The zero-order valence-corrected chi connectivity index (χ0v) is 13.0. The molecule has 20 heavy (non-hydrogen) atoms. The summed E-state index contributed by atoms with van der Waals surface area (Å²) in [6.45, 7) is 11.6. The number of aryl methyl sites for hydroxylation is 1. The quantitative estimate of drug-likeness (QED) is 0.779. The molecule has 0 saturated carbocycles. The Morgan fingerprint density at radius 3 is 2.15 bits per heavy atom. The molecule has 1 aliphatic heterocycles. The number of hydrogen-bond donors (Lipinski definition) is 0. The van der Waals surface area contributed by atoms with Crippen molar-refractivity contribution in [3.8, 4) is 0 Å². The van der Waals surface area contributed by atoms with E-state index >= 15 is 0 Å². The topological polar surface area (TPSA) is 49.4 Å². The van der Waals surface area contributed by atoms with Gasteiger partial charge in [-0.1, -0.05) is 6.07 Å². The minimum absolute atomic E-state index is 0.328. The molecule has 0 spiro atoms. The average Bonchev–Trinajstić information content (AvgIpc) is 2.48. The Bertz CT molecular complexity index is 561. The van der Waals surface area contributed by atoms with Crippen molar-refractivity contribution in [3.05, 3.63) is 34.4 Å². The van der Waals surface area contributed by atoms with Crippen LogP contribution in [-0.2, 0) is 21.0 Å². The molecule has 0 aromatic heterocycles. The molecule has 0 N–H and O–H groups in total. The van der Waals surface area contributed by atoms with Gasteiger partial charge in [0, 0.05) is 0 Å². The number of ether oxygens (including phenoxy) is 1. The Balaban J connectivity index is 2.63. The summed E-state index contributed by atoms with van der Waals surface area (Å²) in [5.74, 6) is -0.328. The van der Waals surface area contributed by atoms with Crippen LogP contribution in [0, 0.1) is 6.92 Å². The van der Waals surface area contributed by atoms with E-state index in [2.05, 4.69) is 0 Å². The molecule has 1 aliphatic rings. The molecule has 1 heterocycles. The summed E-state index contributed by atoms with van der Waals surface area (Å²) in [6, 6.07) is 3.77. The lowest BCUT2D eigenvalue weighted by molar-refractivity contribution is -0.266. The van der Waals surface area contributed by atoms with Crippen molar-refractivity contribution in [3.63, 3.8) is 0 Å². The zero-order chi connectivity index (χ0) is 15.3. The fraction of sp³-hybridized carbons (Fsp3) is 0.562. The number of carbonyl (C=O) groups excluding carboxylic acids is 1. The summed E-state index contributed by atoms with van der Waals surface area (Å²) in [6.07, 6.45) is 0. The third-order valence-corrected chi connectivity index (χ3v) is 4.19. The van der Waals surface area contributed by atoms with E-state index in [9.17, 15) is 10.0 Å². The minimum Gasteiger partial charge on any atom is -0.462 e. The van der Waals surface area contributed by atoms with Gasteiger partial charge in [-0.05, 0) is 64.3 Å². The molecule has 0 amide bonds.